The SMILES string of the molecule is Cc1ccc(OC2CCN(CCn3cncn3)CC2)cc1. The van der Waals surface area contributed by atoms with E-state index in [0.29, 0.717) is 6.10 Å². The van der Waals surface area contributed by atoms with Gasteiger partial charge in [-0.3, -0.25) is 4.68 Å². The number of aryl methyl sites for hydroxylation is 1. The summed E-state index contributed by atoms with van der Waals surface area (Å²) in [6.07, 6.45) is 5.88. The number of likely N-dealkylation sites (tertiary alicyclic amines) is 1. The number of aromatic nitrogens is 3. The van der Waals surface area contributed by atoms with Crippen LogP contribution < -0.4 is 4.74 Å². The number of piperidine rings is 1. The van der Waals surface area contributed by atoms with Gasteiger partial charge in [-0.2, -0.15) is 5.10 Å². The molecule has 2 heterocycles. The van der Waals surface area contributed by atoms with Crippen molar-refractivity contribution in [2.24, 2.45) is 0 Å². The molecule has 0 aliphatic carbocycles. The zero-order chi connectivity index (χ0) is 14.5. The summed E-state index contributed by atoms with van der Waals surface area (Å²) in [5.41, 5.74) is 1.27. The van der Waals surface area contributed by atoms with E-state index in [2.05, 4.69) is 46.2 Å². The Morgan fingerprint density at radius 1 is 1.14 bits per heavy atom. The molecular formula is C16H22N4O. The van der Waals surface area contributed by atoms with Gasteiger partial charge >= 0.3 is 0 Å². The van der Waals surface area contributed by atoms with E-state index in [1.165, 1.54) is 5.56 Å². The van der Waals surface area contributed by atoms with Crippen LogP contribution in [0, 0.1) is 6.92 Å². The molecule has 21 heavy (non-hydrogen) atoms. The van der Waals surface area contributed by atoms with Crippen LogP contribution in [0.1, 0.15) is 18.4 Å². The Morgan fingerprint density at radius 3 is 2.57 bits per heavy atom. The molecule has 1 fully saturated rings. The maximum atomic E-state index is 6.05. The van der Waals surface area contributed by atoms with Crippen molar-refractivity contribution >= 4 is 0 Å². The second kappa shape index (κ2) is 6.72. The molecule has 1 saturated heterocycles. The third-order valence-electron chi connectivity index (χ3n) is 3.97. The molecule has 0 atom stereocenters. The zero-order valence-electron chi connectivity index (χ0n) is 12.5. The zero-order valence-corrected chi connectivity index (χ0v) is 12.5. The predicted octanol–water partition coefficient (Wildman–Crippen LogP) is 2.13. The average molecular weight is 286 g/mol. The van der Waals surface area contributed by atoms with Gasteiger partial charge in [-0.25, -0.2) is 4.98 Å². The number of hydrogen-bond acceptors (Lipinski definition) is 4. The fourth-order valence-corrected chi connectivity index (χ4v) is 2.65. The van der Waals surface area contributed by atoms with Crippen molar-refractivity contribution in [2.75, 3.05) is 19.6 Å². The molecule has 5 heteroatoms. The summed E-state index contributed by atoms with van der Waals surface area (Å²) in [6, 6.07) is 8.32. The summed E-state index contributed by atoms with van der Waals surface area (Å²) in [6.45, 7) is 6.21. The maximum Gasteiger partial charge on any atom is 0.137 e. The molecule has 0 bridgehead atoms. The van der Waals surface area contributed by atoms with E-state index < -0.39 is 0 Å². The molecule has 0 saturated carbocycles. The smallest absolute Gasteiger partial charge is 0.137 e. The lowest BCUT2D eigenvalue weighted by molar-refractivity contribution is 0.0980. The molecule has 2 aromatic rings. The first-order valence-corrected chi connectivity index (χ1v) is 7.58. The van der Waals surface area contributed by atoms with Gasteiger partial charge in [0.1, 0.15) is 24.5 Å². The standard InChI is InChI=1S/C16H22N4O/c1-14-2-4-15(5-3-14)21-16-6-8-19(9-7-16)10-11-20-13-17-12-18-20/h2-5,12-13,16H,6-11H2,1H3. The van der Waals surface area contributed by atoms with Crippen LogP contribution in [0.2, 0.25) is 0 Å². The first-order chi connectivity index (χ1) is 10.3. The summed E-state index contributed by atoms with van der Waals surface area (Å²) < 4.78 is 7.94. The molecule has 0 radical (unpaired) electrons. The van der Waals surface area contributed by atoms with E-state index in [9.17, 15) is 0 Å². The summed E-state index contributed by atoms with van der Waals surface area (Å²) in [5.74, 6) is 0.988. The van der Waals surface area contributed by atoms with Crippen LogP contribution in [0.25, 0.3) is 0 Å². The highest BCUT2D eigenvalue weighted by Gasteiger charge is 2.20. The second-order valence-electron chi connectivity index (χ2n) is 5.63. The van der Waals surface area contributed by atoms with Crippen molar-refractivity contribution in [2.45, 2.75) is 32.4 Å². The largest absolute Gasteiger partial charge is 0.490 e. The van der Waals surface area contributed by atoms with E-state index in [1.807, 2.05) is 4.68 Å². The average Bonchev–Trinajstić information content (AvgIpc) is 3.02. The highest BCUT2D eigenvalue weighted by atomic mass is 16.5. The molecule has 1 aliphatic rings. The van der Waals surface area contributed by atoms with Crippen molar-refractivity contribution in [3.05, 3.63) is 42.5 Å². The van der Waals surface area contributed by atoms with Crippen LogP contribution in [0.15, 0.2) is 36.9 Å². The fourth-order valence-electron chi connectivity index (χ4n) is 2.65. The lowest BCUT2D eigenvalue weighted by Gasteiger charge is -2.32. The molecular weight excluding hydrogens is 264 g/mol. The van der Waals surface area contributed by atoms with Crippen molar-refractivity contribution in [3.8, 4) is 5.75 Å². The Morgan fingerprint density at radius 2 is 1.90 bits per heavy atom. The van der Waals surface area contributed by atoms with Crippen LogP contribution in [0.5, 0.6) is 5.75 Å². The van der Waals surface area contributed by atoms with E-state index in [-0.39, 0.29) is 0 Å². The summed E-state index contributed by atoms with van der Waals surface area (Å²) in [5, 5.41) is 4.13. The van der Waals surface area contributed by atoms with Crippen molar-refractivity contribution in [1.29, 1.82) is 0 Å². The van der Waals surface area contributed by atoms with Gasteiger partial charge in [0, 0.05) is 19.6 Å². The maximum absolute atomic E-state index is 6.05. The normalized spacial score (nSPS) is 17.0. The molecule has 5 nitrogen and oxygen atoms in total. The lowest BCUT2D eigenvalue weighted by Crippen LogP contribution is -2.39. The third-order valence-corrected chi connectivity index (χ3v) is 3.97. The quantitative estimate of drug-likeness (QED) is 0.844. The van der Waals surface area contributed by atoms with E-state index in [4.69, 9.17) is 4.74 Å². The molecule has 0 spiro atoms. The van der Waals surface area contributed by atoms with E-state index in [0.717, 1.165) is 44.8 Å². The number of nitrogens with zero attached hydrogens (tertiary/aromatic N) is 4. The first-order valence-electron chi connectivity index (χ1n) is 7.58. The van der Waals surface area contributed by atoms with Gasteiger partial charge < -0.3 is 9.64 Å². The molecule has 0 N–H and O–H groups in total. The Bertz CT molecular complexity index is 530. The molecule has 1 aliphatic heterocycles. The topological polar surface area (TPSA) is 43.2 Å². The number of hydrogen-bond donors (Lipinski definition) is 0. The van der Waals surface area contributed by atoms with Crippen LogP contribution >= 0.6 is 0 Å². The number of rotatable bonds is 5. The van der Waals surface area contributed by atoms with Gasteiger partial charge in [-0.1, -0.05) is 17.7 Å². The minimum absolute atomic E-state index is 0.343. The van der Waals surface area contributed by atoms with Crippen LogP contribution in [-0.4, -0.2) is 45.4 Å². The summed E-state index contributed by atoms with van der Waals surface area (Å²) in [7, 11) is 0. The molecule has 1 aromatic heterocycles. The van der Waals surface area contributed by atoms with E-state index in [1.54, 1.807) is 12.7 Å². The Hall–Kier alpha value is -1.88. The van der Waals surface area contributed by atoms with E-state index >= 15 is 0 Å². The predicted molar refractivity (Wildman–Crippen MR) is 81.3 cm³/mol. The molecule has 1 aromatic carbocycles. The highest BCUT2D eigenvalue weighted by molar-refractivity contribution is 5.26. The van der Waals surface area contributed by atoms with Gasteiger partial charge in [0.05, 0.1) is 6.54 Å². The van der Waals surface area contributed by atoms with Crippen molar-refractivity contribution < 1.29 is 4.74 Å². The van der Waals surface area contributed by atoms with Crippen LogP contribution in [0.3, 0.4) is 0 Å². The van der Waals surface area contributed by atoms with Crippen LogP contribution in [0.4, 0.5) is 0 Å². The number of benzene rings is 1. The van der Waals surface area contributed by atoms with Gasteiger partial charge in [0.25, 0.3) is 0 Å². The molecule has 112 valence electrons. The number of ether oxygens (including phenoxy) is 1. The molecule has 3 rings (SSSR count). The summed E-state index contributed by atoms with van der Waals surface area (Å²) in [4.78, 5) is 6.43. The van der Waals surface area contributed by atoms with Gasteiger partial charge in [0.2, 0.25) is 0 Å². The first kappa shape index (κ1) is 14.1. The van der Waals surface area contributed by atoms with Crippen molar-refractivity contribution in [1.82, 2.24) is 19.7 Å². The monoisotopic (exact) mass is 286 g/mol. The molecule has 0 amide bonds. The third kappa shape index (κ3) is 4.04. The minimum Gasteiger partial charge on any atom is -0.490 e. The Labute approximate surface area is 125 Å². The van der Waals surface area contributed by atoms with Gasteiger partial charge in [-0.15, -0.1) is 0 Å². The fraction of sp³-hybridized carbons (Fsp3) is 0.500. The lowest BCUT2D eigenvalue weighted by atomic mass is 10.1. The van der Waals surface area contributed by atoms with Crippen LogP contribution in [-0.2, 0) is 6.54 Å². The van der Waals surface area contributed by atoms with Gasteiger partial charge in [-0.05, 0) is 31.9 Å². The van der Waals surface area contributed by atoms with Crippen molar-refractivity contribution in [3.63, 3.8) is 0 Å². The van der Waals surface area contributed by atoms with Gasteiger partial charge in [0.15, 0.2) is 0 Å². The molecule has 0 unspecified atom stereocenters. The Kier molecular flexibility index (Phi) is 4.50. The highest BCUT2D eigenvalue weighted by Crippen LogP contribution is 2.19. The summed E-state index contributed by atoms with van der Waals surface area (Å²) >= 11 is 0. The minimum atomic E-state index is 0.343. The Balaban J connectivity index is 1.41. The second-order valence-corrected chi connectivity index (χ2v) is 5.63.